The molecule has 0 radical (unpaired) electrons. The van der Waals surface area contributed by atoms with E-state index in [0.29, 0.717) is 24.0 Å². The Labute approximate surface area is 121 Å². The molecule has 0 amide bonds. The first-order valence-corrected chi connectivity index (χ1v) is 8.56. The fourth-order valence-electron chi connectivity index (χ4n) is 2.32. The number of sulfonamides is 1. The molecule has 0 saturated carbocycles. The zero-order valence-electron chi connectivity index (χ0n) is 11.2. The van der Waals surface area contributed by atoms with Gasteiger partial charge in [-0.2, -0.15) is 4.31 Å². The van der Waals surface area contributed by atoms with Gasteiger partial charge in [-0.1, -0.05) is 0 Å². The van der Waals surface area contributed by atoms with Crippen molar-refractivity contribution in [1.29, 1.82) is 0 Å². The summed E-state index contributed by atoms with van der Waals surface area (Å²) >= 11 is 1.40. The molecule has 1 aliphatic heterocycles. The molecule has 0 aromatic carbocycles. The van der Waals surface area contributed by atoms with Crippen LogP contribution < -0.4 is 5.32 Å². The van der Waals surface area contributed by atoms with E-state index in [1.165, 1.54) is 15.6 Å². The van der Waals surface area contributed by atoms with E-state index < -0.39 is 10.0 Å². The molecule has 3 rings (SSSR count). The summed E-state index contributed by atoms with van der Waals surface area (Å²) in [7, 11) is -0.352. The Bertz CT molecular complexity index is 715. The van der Waals surface area contributed by atoms with Crippen molar-refractivity contribution in [3.63, 3.8) is 0 Å². The van der Waals surface area contributed by atoms with E-state index in [0.717, 1.165) is 6.42 Å². The summed E-state index contributed by atoms with van der Waals surface area (Å²) in [6.07, 6.45) is 2.44. The number of hydrogen-bond donors (Lipinski definition) is 1. The predicted octanol–water partition coefficient (Wildman–Crippen LogP) is 0.847. The Morgan fingerprint density at radius 1 is 1.60 bits per heavy atom. The first kappa shape index (κ1) is 13.8. The van der Waals surface area contributed by atoms with Gasteiger partial charge in [0, 0.05) is 32.3 Å². The van der Waals surface area contributed by atoms with Crippen molar-refractivity contribution in [3.05, 3.63) is 11.6 Å². The summed E-state index contributed by atoms with van der Waals surface area (Å²) in [6, 6.07) is -0.117. The first-order chi connectivity index (χ1) is 9.55. The average molecular weight is 316 g/mol. The standard InChI is InChI=1S/C11H16N4O3S2/c1-12-9-10(15-4-6-19-11(15)13-9)20(16,17)14(2)8-3-5-18-7-8/h4,6,8,12H,3,5,7H2,1-2H3. The Balaban J connectivity index is 2.10. The highest BCUT2D eigenvalue weighted by Gasteiger charge is 2.35. The first-order valence-electron chi connectivity index (χ1n) is 6.25. The third-order valence-electron chi connectivity index (χ3n) is 3.50. The van der Waals surface area contributed by atoms with Crippen LogP contribution in [0.3, 0.4) is 0 Å². The second-order valence-electron chi connectivity index (χ2n) is 4.61. The van der Waals surface area contributed by atoms with E-state index in [4.69, 9.17) is 4.74 Å². The van der Waals surface area contributed by atoms with Crippen molar-refractivity contribution in [1.82, 2.24) is 13.7 Å². The maximum Gasteiger partial charge on any atom is 0.262 e. The normalized spacial score (nSPS) is 20.1. The summed E-state index contributed by atoms with van der Waals surface area (Å²) in [4.78, 5) is 4.96. The molecule has 1 saturated heterocycles. The average Bonchev–Trinajstić information content (AvgIpc) is 3.12. The molecule has 0 aliphatic carbocycles. The van der Waals surface area contributed by atoms with Gasteiger partial charge in [-0.3, -0.25) is 4.40 Å². The SMILES string of the molecule is CNc1nc2sccn2c1S(=O)(=O)N(C)C1CCOC1. The van der Waals surface area contributed by atoms with Crippen molar-refractivity contribution in [3.8, 4) is 0 Å². The number of imidazole rings is 1. The van der Waals surface area contributed by atoms with Gasteiger partial charge in [0.25, 0.3) is 10.0 Å². The summed E-state index contributed by atoms with van der Waals surface area (Å²) in [5.41, 5.74) is 0. The number of hydrogen-bond acceptors (Lipinski definition) is 6. The molecular formula is C11H16N4O3S2. The third-order valence-corrected chi connectivity index (χ3v) is 6.19. The smallest absolute Gasteiger partial charge is 0.262 e. The molecule has 1 aliphatic rings. The quantitative estimate of drug-likeness (QED) is 0.905. The van der Waals surface area contributed by atoms with Crippen LogP contribution in [-0.2, 0) is 14.8 Å². The molecule has 2 aromatic heterocycles. The lowest BCUT2D eigenvalue weighted by atomic mass is 10.3. The number of likely N-dealkylation sites (N-methyl/N-ethyl adjacent to an activating group) is 1. The van der Waals surface area contributed by atoms with Gasteiger partial charge in [-0.05, 0) is 6.42 Å². The van der Waals surface area contributed by atoms with Crippen LogP contribution >= 0.6 is 11.3 Å². The maximum absolute atomic E-state index is 12.8. The van der Waals surface area contributed by atoms with E-state index in [-0.39, 0.29) is 11.1 Å². The van der Waals surface area contributed by atoms with E-state index in [2.05, 4.69) is 10.3 Å². The third kappa shape index (κ3) is 2.01. The van der Waals surface area contributed by atoms with Gasteiger partial charge in [0.15, 0.2) is 15.8 Å². The van der Waals surface area contributed by atoms with Crippen molar-refractivity contribution < 1.29 is 13.2 Å². The fourth-order valence-corrected chi connectivity index (χ4v) is 4.71. The van der Waals surface area contributed by atoms with Crippen molar-refractivity contribution in [2.45, 2.75) is 17.5 Å². The molecule has 1 N–H and O–H groups in total. The molecule has 1 fully saturated rings. The van der Waals surface area contributed by atoms with Crippen LogP contribution in [0.2, 0.25) is 0 Å². The fraction of sp³-hybridized carbons (Fsp3) is 0.545. The highest BCUT2D eigenvalue weighted by molar-refractivity contribution is 7.89. The highest BCUT2D eigenvalue weighted by Crippen LogP contribution is 2.29. The lowest BCUT2D eigenvalue weighted by Gasteiger charge is -2.22. The van der Waals surface area contributed by atoms with Crippen LogP contribution in [0.25, 0.3) is 4.96 Å². The number of thiazole rings is 1. The van der Waals surface area contributed by atoms with E-state index in [1.807, 2.05) is 5.38 Å². The van der Waals surface area contributed by atoms with Crippen LogP contribution in [0.1, 0.15) is 6.42 Å². The minimum atomic E-state index is -3.62. The van der Waals surface area contributed by atoms with E-state index >= 15 is 0 Å². The molecule has 0 bridgehead atoms. The molecule has 2 aromatic rings. The number of nitrogens with one attached hydrogen (secondary N) is 1. The number of nitrogens with zero attached hydrogens (tertiary/aromatic N) is 3. The van der Waals surface area contributed by atoms with Crippen LogP contribution in [0.4, 0.5) is 5.82 Å². The molecule has 3 heterocycles. The lowest BCUT2D eigenvalue weighted by molar-refractivity contribution is 0.180. The van der Waals surface area contributed by atoms with Gasteiger partial charge in [-0.15, -0.1) is 11.3 Å². The minimum absolute atomic E-state index is 0.117. The summed E-state index contributed by atoms with van der Waals surface area (Å²) < 4.78 is 34.0. The van der Waals surface area contributed by atoms with Crippen LogP contribution in [0.15, 0.2) is 16.6 Å². The number of rotatable bonds is 4. The zero-order valence-corrected chi connectivity index (χ0v) is 12.9. The highest BCUT2D eigenvalue weighted by atomic mass is 32.2. The number of ether oxygens (including phenoxy) is 1. The van der Waals surface area contributed by atoms with Gasteiger partial charge in [0.2, 0.25) is 0 Å². The topological polar surface area (TPSA) is 75.9 Å². The van der Waals surface area contributed by atoms with Crippen molar-refractivity contribution >= 4 is 32.1 Å². The van der Waals surface area contributed by atoms with Gasteiger partial charge in [0.1, 0.15) is 0 Å². The Morgan fingerprint density at radius 3 is 3.05 bits per heavy atom. The Kier molecular flexibility index (Phi) is 3.44. The monoisotopic (exact) mass is 316 g/mol. The van der Waals surface area contributed by atoms with E-state index in [1.54, 1.807) is 24.7 Å². The molecule has 20 heavy (non-hydrogen) atoms. The Morgan fingerprint density at radius 2 is 2.40 bits per heavy atom. The maximum atomic E-state index is 12.8. The number of fused-ring (bicyclic) bond motifs is 1. The van der Waals surface area contributed by atoms with E-state index in [9.17, 15) is 8.42 Å². The minimum Gasteiger partial charge on any atom is -0.380 e. The second-order valence-corrected chi connectivity index (χ2v) is 7.40. The summed E-state index contributed by atoms with van der Waals surface area (Å²) in [5.74, 6) is 0.377. The molecule has 1 unspecified atom stereocenters. The van der Waals surface area contributed by atoms with Crippen LogP contribution in [0, 0.1) is 0 Å². The molecule has 9 heteroatoms. The van der Waals surface area contributed by atoms with Crippen molar-refractivity contribution in [2.75, 3.05) is 32.6 Å². The Hall–Kier alpha value is -1.16. The molecular weight excluding hydrogens is 300 g/mol. The van der Waals surface area contributed by atoms with Crippen LogP contribution in [-0.4, -0.2) is 55.5 Å². The van der Waals surface area contributed by atoms with Gasteiger partial charge < -0.3 is 10.1 Å². The summed E-state index contributed by atoms with van der Waals surface area (Å²) in [6.45, 7) is 1.04. The van der Waals surface area contributed by atoms with Crippen LogP contribution in [0.5, 0.6) is 0 Å². The second kappa shape index (κ2) is 4.99. The number of anilines is 1. The van der Waals surface area contributed by atoms with Crippen molar-refractivity contribution in [2.24, 2.45) is 0 Å². The summed E-state index contributed by atoms with van der Waals surface area (Å²) in [5, 5.41) is 4.87. The zero-order chi connectivity index (χ0) is 14.3. The van der Waals surface area contributed by atoms with Gasteiger partial charge in [0.05, 0.1) is 12.6 Å². The largest absolute Gasteiger partial charge is 0.380 e. The molecule has 110 valence electrons. The molecule has 7 nitrogen and oxygen atoms in total. The molecule has 0 spiro atoms. The number of aromatic nitrogens is 2. The van der Waals surface area contributed by atoms with Gasteiger partial charge in [-0.25, -0.2) is 13.4 Å². The lowest BCUT2D eigenvalue weighted by Crippen LogP contribution is -2.38. The van der Waals surface area contributed by atoms with Gasteiger partial charge >= 0.3 is 0 Å². The predicted molar refractivity (Wildman–Crippen MR) is 76.8 cm³/mol. The molecule has 1 atom stereocenters.